The van der Waals surface area contributed by atoms with Gasteiger partial charge in [-0.05, 0) is 79.8 Å². The average Bonchev–Trinajstić information content (AvgIpc) is 3.36. The third-order valence-electron chi connectivity index (χ3n) is 7.35. The number of nitrogens with two attached hydrogens (primary N) is 1. The Morgan fingerprint density at radius 1 is 0.975 bits per heavy atom. The molecule has 4 aromatic rings. The molecule has 1 heterocycles. The van der Waals surface area contributed by atoms with Gasteiger partial charge in [0.1, 0.15) is 11.5 Å². The van der Waals surface area contributed by atoms with Crippen molar-refractivity contribution < 1.29 is 32.9 Å². The zero-order valence-corrected chi connectivity index (χ0v) is 23.8. The molecule has 1 aromatic heterocycles. The second-order valence-electron chi connectivity index (χ2n) is 10.00. The molecule has 0 bridgehead atoms. The summed E-state index contributed by atoms with van der Waals surface area (Å²) >= 11 is 0. The summed E-state index contributed by atoms with van der Waals surface area (Å²) in [5.41, 5.74) is 8.36. The van der Waals surface area contributed by atoms with E-state index in [1.54, 1.807) is 42.5 Å². The summed E-state index contributed by atoms with van der Waals surface area (Å²) in [5, 5.41) is 19.3. The Morgan fingerprint density at radius 3 is 2.25 bits per heavy atom. The molecule has 40 heavy (non-hydrogen) atoms. The highest BCUT2D eigenvalue weighted by Crippen LogP contribution is 2.32. The van der Waals surface area contributed by atoms with Crippen LogP contribution in [0.5, 0.6) is 11.5 Å². The first-order valence-corrected chi connectivity index (χ1v) is 14.2. The number of ketones is 1. The predicted octanol–water partition coefficient (Wildman–Crippen LogP) is 3.36. The first-order chi connectivity index (χ1) is 19.0. The SMILES string of the molecule is COc1ccc2c(C(=O)c3cc(C)c(C)c(OC)c3)cn(S(=O)(=O)c3ccc(CCC(N)(CO)CO)cc3)c2c1. The summed E-state index contributed by atoms with van der Waals surface area (Å²) in [5.74, 6) is 0.688. The summed E-state index contributed by atoms with van der Waals surface area (Å²) in [6, 6.07) is 14.7. The molecular weight excluding hydrogens is 532 g/mol. The number of hydrogen-bond acceptors (Lipinski definition) is 8. The van der Waals surface area contributed by atoms with Gasteiger partial charge >= 0.3 is 0 Å². The summed E-state index contributed by atoms with van der Waals surface area (Å²) in [7, 11) is -1.08. The van der Waals surface area contributed by atoms with Crippen molar-refractivity contribution in [1.29, 1.82) is 0 Å². The Morgan fingerprint density at radius 2 is 1.65 bits per heavy atom. The summed E-state index contributed by atoms with van der Waals surface area (Å²) in [6.45, 7) is 3.06. The number of hydrogen-bond donors (Lipinski definition) is 3. The molecule has 0 radical (unpaired) electrons. The Kier molecular flexibility index (Phi) is 8.36. The summed E-state index contributed by atoms with van der Waals surface area (Å²) < 4.78 is 39.6. The van der Waals surface area contributed by atoms with Crippen molar-refractivity contribution in [2.45, 2.75) is 37.1 Å². The van der Waals surface area contributed by atoms with Crippen LogP contribution in [0, 0.1) is 13.8 Å². The second kappa shape index (κ2) is 11.4. The van der Waals surface area contributed by atoms with Crippen LogP contribution in [0.2, 0.25) is 0 Å². The molecule has 4 rings (SSSR count). The van der Waals surface area contributed by atoms with E-state index in [0.29, 0.717) is 40.8 Å². The topological polar surface area (TPSA) is 141 Å². The predicted molar refractivity (Wildman–Crippen MR) is 153 cm³/mol. The van der Waals surface area contributed by atoms with Crippen LogP contribution in [0.15, 0.2) is 65.7 Å². The summed E-state index contributed by atoms with van der Waals surface area (Å²) in [6.07, 6.45) is 2.12. The monoisotopic (exact) mass is 566 g/mol. The molecule has 0 spiro atoms. The Balaban J connectivity index is 1.77. The van der Waals surface area contributed by atoms with Crippen LogP contribution in [0.25, 0.3) is 10.9 Å². The molecule has 0 saturated heterocycles. The Bertz CT molecular complexity index is 1650. The lowest BCUT2D eigenvalue weighted by Gasteiger charge is -2.24. The minimum atomic E-state index is -4.10. The Labute approximate surface area is 233 Å². The molecule has 0 fully saturated rings. The fourth-order valence-corrected chi connectivity index (χ4v) is 5.91. The number of aliphatic hydroxyl groups excluding tert-OH is 2. The number of nitrogens with zero attached hydrogens (tertiary/aromatic N) is 1. The normalized spacial score (nSPS) is 12.1. The van der Waals surface area contributed by atoms with Crippen molar-refractivity contribution in [1.82, 2.24) is 3.97 Å². The van der Waals surface area contributed by atoms with Gasteiger partial charge in [0, 0.05) is 28.8 Å². The highest BCUT2D eigenvalue weighted by atomic mass is 32.2. The smallest absolute Gasteiger partial charge is 0.268 e. The molecule has 212 valence electrons. The third-order valence-corrected chi connectivity index (χ3v) is 9.03. The van der Waals surface area contributed by atoms with E-state index in [0.717, 1.165) is 20.7 Å². The van der Waals surface area contributed by atoms with Crippen molar-refractivity contribution in [3.8, 4) is 11.5 Å². The first kappa shape index (κ1) is 29.3. The van der Waals surface area contributed by atoms with Crippen molar-refractivity contribution in [2.75, 3.05) is 27.4 Å². The fraction of sp³-hybridized carbons (Fsp3) is 0.300. The van der Waals surface area contributed by atoms with Crippen LogP contribution in [0.1, 0.15) is 39.0 Å². The minimum Gasteiger partial charge on any atom is -0.497 e. The van der Waals surface area contributed by atoms with E-state index < -0.39 is 15.6 Å². The molecule has 4 N–H and O–H groups in total. The van der Waals surface area contributed by atoms with E-state index in [1.807, 2.05) is 13.8 Å². The Hall–Kier alpha value is -3.70. The van der Waals surface area contributed by atoms with Gasteiger partial charge in [0.05, 0.1) is 43.4 Å². The largest absolute Gasteiger partial charge is 0.497 e. The maximum absolute atomic E-state index is 13.8. The minimum absolute atomic E-state index is 0.0335. The van der Waals surface area contributed by atoms with Crippen LogP contribution in [0.3, 0.4) is 0 Å². The number of aliphatic hydroxyl groups is 2. The highest BCUT2D eigenvalue weighted by molar-refractivity contribution is 7.90. The van der Waals surface area contributed by atoms with Gasteiger partial charge in [-0.1, -0.05) is 12.1 Å². The van der Waals surface area contributed by atoms with Gasteiger partial charge in [0.15, 0.2) is 5.78 Å². The van der Waals surface area contributed by atoms with E-state index in [9.17, 15) is 23.4 Å². The van der Waals surface area contributed by atoms with E-state index in [-0.39, 0.29) is 29.5 Å². The number of carbonyl (C=O) groups excluding carboxylic acids is 1. The maximum Gasteiger partial charge on any atom is 0.268 e. The van der Waals surface area contributed by atoms with Gasteiger partial charge in [-0.2, -0.15) is 0 Å². The number of methoxy groups -OCH3 is 2. The van der Waals surface area contributed by atoms with Crippen LogP contribution in [-0.4, -0.2) is 61.4 Å². The van der Waals surface area contributed by atoms with Crippen LogP contribution < -0.4 is 15.2 Å². The lowest BCUT2D eigenvalue weighted by Crippen LogP contribution is -2.47. The number of rotatable bonds is 11. The number of aryl methyl sites for hydroxylation is 2. The lowest BCUT2D eigenvalue weighted by atomic mass is 9.94. The average molecular weight is 567 g/mol. The van der Waals surface area contributed by atoms with Crippen molar-refractivity contribution in [3.63, 3.8) is 0 Å². The van der Waals surface area contributed by atoms with Gasteiger partial charge < -0.3 is 25.4 Å². The van der Waals surface area contributed by atoms with Gasteiger partial charge in [0.25, 0.3) is 10.0 Å². The second-order valence-corrected chi connectivity index (χ2v) is 11.8. The standard InChI is InChI=1S/C30H34N2O7S/c1-19-13-22(14-28(39-4)20(19)2)29(35)26-16-32(27-15-23(38-3)7-10-25(26)27)40(36,37)24-8-5-21(6-9-24)11-12-30(31,17-33)18-34/h5-10,13-16,33-34H,11-12,17-18,31H2,1-4H3. The van der Waals surface area contributed by atoms with Gasteiger partial charge in [-0.25, -0.2) is 12.4 Å². The quantitative estimate of drug-likeness (QED) is 0.235. The molecule has 10 heteroatoms. The number of fused-ring (bicyclic) bond motifs is 1. The van der Waals surface area contributed by atoms with Crippen LogP contribution in [0.4, 0.5) is 0 Å². The number of carbonyl (C=O) groups is 1. The van der Waals surface area contributed by atoms with Gasteiger partial charge in [0.2, 0.25) is 0 Å². The van der Waals surface area contributed by atoms with Gasteiger partial charge in [-0.3, -0.25) is 4.79 Å². The van der Waals surface area contributed by atoms with Crippen molar-refractivity contribution in [2.24, 2.45) is 5.73 Å². The molecule has 3 aromatic carbocycles. The molecule has 0 unspecified atom stereocenters. The fourth-order valence-electron chi connectivity index (χ4n) is 4.55. The zero-order valence-electron chi connectivity index (χ0n) is 23.0. The van der Waals surface area contributed by atoms with Crippen LogP contribution in [-0.2, 0) is 16.4 Å². The molecule has 0 aliphatic carbocycles. The highest BCUT2D eigenvalue weighted by Gasteiger charge is 2.26. The number of aromatic nitrogens is 1. The first-order valence-electron chi connectivity index (χ1n) is 12.7. The van der Waals surface area contributed by atoms with E-state index in [4.69, 9.17) is 15.2 Å². The van der Waals surface area contributed by atoms with Crippen LogP contribution >= 0.6 is 0 Å². The van der Waals surface area contributed by atoms with Crippen molar-refractivity contribution >= 4 is 26.7 Å². The molecule has 0 atom stereocenters. The lowest BCUT2D eigenvalue weighted by molar-refractivity contribution is 0.103. The molecule has 0 aliphatic rings. The number of benzene rings is 3. The zero-order chi connectivity index (χ0) is 29.2. The summed E-state index contributed by atoms with van der Waals surface area (Å²) in [4.78, 5) is 13.8. The third kappa shape index (κ3) is 5.48. The van der Waals surface area contributed by atoms with E-state index in [2.05, 4.69) is 0 Å². The van der Waals surface area contributed by atoms with E-state index >= 15 is 0 Å². The molecule has 0 amide bonds. The maximum atomic E-state index is 13.8. The molecule has 0 aliphatic heterocycles. The van der Waals surface area contributed by atoms with Crippen molar-refractivity contribution in [3.05, 3.63) is 88.6 Å². The molecule has 9 nitrogen and oxygen atoms in total. The van der Waals surface area contributed by atoms with E-state index in [1.165, 1.54) is 32.5 Å². The number of ether oxygens (including phenoxy) is 2. The molecular formula is C30H34N2O7S. The molecule has 0 saturated carbocycles. The van der Waals surface area contributed by atoms with Gasteiger partial charge in [-0.15, -0.1) is 0 Å².